The van der Waals surface area contributed by atoms with Gasteiger partial charge in [0.1, 0.15) is 0 Å². The van der Waals surface area contributed by atoms with Gasteiger partial charge >= 0.3 is 0 Å². The lowest BCUT2D eigenvalue weighted by Gasteiger charge is -2.20. The van der Waals surface area contributed by atoms with E-state index in [0.717, 1.165) is 29.6 Å². The number of aromatic nitrogens is 1. The maximum absolute atomic E-state index is 6.04. The zero-order valence-corrected chi connectivity index (χ0v) is 15.2. The highest BCUT2D eigenvalue weighted by Crippen LogP contribution is 2.26. The minimum absolute atomic E-state index is 0.227. The van der Waals surface area contributed by atoms with Gasteiger partial charge in [-0.1, -0.05) is 28.9 Å². The largest absolute Gasteiger partial charge is 0.369 e. The lowest BCUT2D eigenvalue weighted by atomic mass is 10.0. The third-order valence-corrected chi connectivity index (χ3v) is 5.37. The monoisotopic (exact) mass is 367 g/mol. The van der Waals surface area contributed by atoms with Gasteiger partial charge in [0.15, 0.2) is 0 Å². The number of hydrogen-bond donors (Lipinski definition) is 1. The summed E-state index contributed by atoms with van der Waals surface area (Å²) in [5.74, 6) is 0. The molecule has 0 saturated carbocycles. The molecule has 1 atom stereocenters. The smallest absolute Gasteiger partial charge is 0.0798 e. The van der Waals surface area contributed by atoms with Gasteiger partial charge in [-0.3, -0.25) is 0 Å². The highest BCUT2D eigenvalue weighted by molar-refractivity contribution is 9.10. The van der Waals surface area contributed by atoms with Crippen molar-refractivity contribution in [1.29, 1.82) is 0 Å². The molecule has 0 fully saturated rings. The van der Waals surface area contributed by atoms with E-state index in [1.807, 2.05) is 5.51 Å². The summed E-state index contributed by atoms with van der Waals surface area (Å²) in [6, 6.07) is 6.74. The van der Waals surface area contributed by atoms with Crippen molar-refractivity contribution in [2.45, 2.75) is 39.3 Å². The molecule has 2 N–H and O–H groups in total. The van der Waals surface area contributed by atoms with Crippen molar-refractivity contribution in [1.82, 2.24) is 4.98 Å². The maximum Gasteiger partial charge on any atom is 0.0798 e. The minimum atomic E-state index is 0.227. The van der Waals surface area contributed by atoms with Crippen LogP contribution in [0, 0.1) is 6.92 Å². The summed E-state index contributed by atoms with van der Waals surface area (Å²) in [7, 11) is 2.11. The van der Waals surface area contributed by atoms with Gasteiger partial charge in [0, 0.05) is 28.1 Å². The van der Waals surface area contributed by atoms with Crippen molar-refractivity contribution in [2.75, 3.05) is 11.9 Å². The van der Waals surface area contributed by atoms with Crippen molar-refractivity contribution in [3.05, 3.63) is 44.3 Å². The molecule has 1 unspecified atom stereocenters. The van der Waals surface area contributed by atoms with E-state index in [2.05, 4.69) is 64.9 Å². The molecule has 0 saturated heterocycles. The van der Waals surface area contributed by atoms with Crippen molar-refractivity contribution in [2.24, 2.45) is 5.73 Å². The van der Waals surface area contributed by atoms with Crippen LogP contribution in [0.3, 0.4) is 0 Å². The fourth-order valence-electron chi connectivity index (χ4n) is 2.15. The second-order valence-electron chi connectivity index (χ2n) is 5.37. The molecule has 0 aliphatic carbocycles. The predicted octanol–water partition coefficient (Wildman–Crippen LogP) is 4.13. The molecule has 114 valence electrons. The first kappa shape index (κ1) is 16.5. The quantitative estimate of drug-likeness (QED) is 0.834. The van der Waals surface area contributed by atoms with E-state index < -0.39 is 0 Å². The molecule has 0 bridgehead atoms. The molecule has 2 rings (SSSR count). The van der Waals surface area contributed by atoms with Crippen molar-refractivity contribution >= 4 is 33.0 Å². The van der Waals surface area contributed by atoms with Crippen LogP contribution in [0.25, 0.3) is 0 Å². The van der Waals surface area contributed by atoms with E-state index >= 15 is 0 Å². The zero-order valence-electron chi connectivity index (χ0n) is 12.8. The number of rotatable bonds is 6. The lowest BCUT2D eigenvalue weighted by molar-refractivity contribution is 0.645. The molecule has 0 spiro atoms. The van der Waals surface area contributed by atoms with Crippen LogP contribution in [0.5, 0.6) is 0 Å². The van der Waals surface area contributed by atoms with Crippen molar-refractivity contribution < 1.29 is 0 Å². The van der Waals surface area contributed by atoms with Gasteiger partial charge in [-0.15, -0.1) is 11.3 Å². The third kappa shape index (κ3) is 4.28. The lowest BCUT2D eigenvalue weighted by Crippen LogP contribution is -2.21. The number of anilines is 1. The Labute approximate surface area is 139 Å². The van der Waals surface area contributed by atoms with Crippen molar-refractivity contribution in [3.8, 4) is 0 Å². The molecule has 0 radical (unpaired) electrons. The average Bonchev–Trinajstić information content (AvgIpc) is 2.86. The van der Waals surface area contributed by atoms with Gasteiger partial charge in [-0.2, -0.15) is 0 Å². The van der Waals surface area contributed by atoms with Crippen LogP contribution in [0.15, 0.2) is 28.2 Å². The number of hydrogen-bond acceptors (Lipinski definition) is 4. The highest BCUT2D eigenvalue weighted by atomic mass is 79.9. The van der Waals surface area contributed by atoms with E-state index in [9.17, 15) is 0 Å². The zero-order chi connectivity index (χ0) is 15.4. The molecule has 3 nitrogen and oxygen atoms in total. The summed E-state index contributed by atoms with van der Waals surface area (Å²) >= 11 is 5.38. The molecule has 2 aromatic rings. The maximum atomic E-state index is 6.04. The van der Waals surface area contributed by atoms with Crippen LogP contribution in [0.2, 0.25) is 0 Å². The summed E-state index contributed by atoms with van der Waals surface area (Å²) in [6.07, 6.45) is 1.91. The van der Waals surface area contributed by atoms with Crippen molar-refractivity contribution in [3.63, 3.8) is 0 Å². The van der Waals surface area contributed by atoms with Crippen LogP contribution in [-0.2, 0) is 13.0 Å². The fraction of sp³-hybridized carbons (Fsp3) is 0.438. The molecular weight excluding hydrogens is 346 g/mol. The molecule has 0 aliphatic heterocycles. The van der Waals surface area contributed by atoms with Gasteiger partial charge in [0.25, 0.3) is 0 Å². The fourth-order valence-corrected chi connectivity index (χ4v) is 3.51. The van der Waals surface area contributed by atoms with E-state index in [-0.39, 0.29) is 6.04 Å². The Kier molecular flexibility index (Phi) is 5.79. The predicted molar refractivity (Wildman–Crippen MR) is 95.1 cm³/mol. The molecule has 5 heteroatoms. The van der Waals surface area contributed by atoms with Gasteiger partial charge in [-0.25, -0.2) is 4.98 Å². The highest BCUT2D eigenvalue weighted by Gasteiger charge is 2.10. The number of nitrogens with zero attached hydrogens (tertiary/aromatic N) is 2. The summed E-state index contributed by atoms with van der Waals surface area (Å²) in [6.45, 7) is 5.07. The van der Waals surface area contributed by atoms with Gasteiger partial charge in [0.2, 0.25) is 0 Å². The van der Waals surface area contributed by atoms with E-state index in [1.54, 1.807) is 11.3 Å². The average molecular weight is 368 g/mol. The number of nitrogens with two attached hydrogens (primary N) is 1. The molecule has 21 heavy (non-hydrogen) atoms. The van der Waals surface area contributed by atoms with Crippen LogP contribution in [0.1, 0.15) is 29.5 Å². The Hall–Kier alpha value is -0.910. The van der Waals surface area contributed by atoms with E-state index in [0.29, 0.717) is 0 Å². The van der Waals surface area contributed by atoms with Crippen LogP contribution in [-0.4, -0.2) is 18.1 Å². The first-order chi connectivity index (χ1) is 10.0. The molecule has 0 amide bonds. The summed E-state index contributed by atoms with van der Waals surface area (Å²) in [5.41, 5.74) is 11.5. The number of aryl methyl sites for hydroxylation is 1. The number of benzene rings is 1. The molecule has 1 aromatic heterocycles. The first-order valence-corrected chi connectivity index (χ1v) is 8.82. The normalized spacial score (nSPS) is 12.4. The summed E-state index contributed by atoms with van der Waals surface area (Å²) < 4.78 is 1.14. The second kappa shape index (κ2) is 7.38. The van der Waals surface area contributed by atoms with Crippen LogP contribution >= 0.6 is 27.3 Å². The van der Waals surface area contributed by atoms with Crippen LogP contribution in [0.4, 0.5) is 5.69 Å². The minimum Gasteiger partial charge on any atom is -0.369 e. The molecule has 1 heterocycles. The Morgan fingerprint density at radius 1 is 1.43 bits per heavy atom. The van der Waals surface area contributed by atoms with Gasteiger partial charge in [0.05, 0.1) is 17.7 Å². The Bertz CT molecular complexity index is 597. The first-order valence-electron chi connectivity index (χ1n) is 7.15. The summed E-state index contributed by atoms with van der Waals surface area (Å²) in [5, 5.41) is 0. The molecular formula is C16H22BrN3S. The van der Waals surface area contributed by atoms with E-state index in [4.69, 9.17) is 5.73 Å². The third-order valence-electron chi connectivity index (χ3n) is 3.71. The van der Waals surface area contributed by atoms with Gasteiger partial charge < -0.3 is 10.6 Å². The second-order valence-corrected chi connectivity index (χ2v) is 7.16. The topological polar surface area (TPSA) is 42.1 Å². The number of thiazole rings is 1. The Morgan fingerprint density at radius 2 is 2.19 bits per heavy atom. The van der Waals surface area contributed by atoms with Gasteiger partial charge in [-0.05, 0) is 37.5 Å². The van der Waals surface area contributed by atoms with E-state index in [1.165, 1.54) is 16.1 Å². The Balaban J connectivity index is 2.10. The van der Waals surface area contributed by atoms with Crippen LogP contribution < -0.4 is 10.6 Å². The summed E-state index contributed by atoms with van der Waals surface area (Å²) in [4.78, 5) is 7.86. The number of halogens is 1. The standard InChI is InChI=1S/C16H22BrN3S/c1-4-13(18)7-12-5-6-14(8-15(12)17)20(3)9-16-11(2)19-10-21-16/h5-6,8,10,13H,4,7,9,18H2,1-3H3. The SMILES string of the molecule is CCC(N)Cc1ccc(N(C)Cc2scnc2C)cc1Br. The Morgan fingerprint density at radius 3 is 2.76 bits per heavy atom. The molecule has 1 aromatic carbocycles. The molecule has 0 aliphatic rings.